The van der Waals surface area contributed by atoms with Crippen LogP contribution < -0.4 is 0 Å². The van der Waals surface area contributed by atoms with Gasteiger partial charge in [0.15, 0.2) is 0 Å². The smallest absolute Gasteiger partial charge is 0.0957 e. The highest BCUT2D eigenvalue weighted by molar-refractivity contribution is 7.98. The monoisotopic (exact) mass is 273 g/mol. The van der Waals surface area contributed by atoms with Gasteiger partial charge in [-0.1, -0.05) is 36.8 Å². The zero-order valence-corrected chi connectivity index (χ0v) is 12.2. The molecule has 1 atom stereocenters. The largest absolute Gasteiger partial charge is 0.387 e. The summed E-state index contributed by atoms with van der Waals surface area (Å²) in [6.07, 6.45) is 2.09. The van der Waals surface area contributed by atoms with Gasteiger partial charge >= 0.3 is 0 Å². The second-order valence-electron chi connectivity index (χ2n) is 4.62. The van der Waals surface area contributed by atoms with Crippen LogP contribution in [0.2, 0.25) is 0 Å². The summed E-state index contributed by atoms with van der Waals surface area (Å²) in [6, 6.07) is 12.5. The minimum atomic E-state index is -0.448. The van der Waals surface area contributed by atoms with E-state index in [1.165, 1.54) is 11.1 Å². The first kappa shape index (κ1) is 14.1. The van der Waals surface area contributed by atoms with Crippen LogP contribution in [0.5, 0.6) is 0 Å². The summed E-state index contributed by atoms with van der Waals surface area (Å²) in [5.41, 5.74) is 3.36. The van der Waals surface area contributed by atoms with Crippen molar-refractivity contribution in [2.45, 2.75) is 37.0 Å². The first-order valence-electron chi connectivity index (χ1n) is 6.51. The average molecular weight is 273 g/mol. The number of aliphatic hydroxyl groups is 1. The van der Waals surface area contributed by atoms with Gasteiger partial charge in [0.2, 0.25) is 0 Å². The lowest BCUT2D eigenvalue weighted by Gasteiger charge is -2.08. The van der Waals surface area contributed by atoms with E-state index in [0.717, 1.165) is 16.3 Å². The van der Waals surface area contributed by atoms with Crippen molar-refractivity contribution in [2.75, 3.05) is 0 Å². The Hall–Kier alpha value is -1.32. The lowest BCUT2D eigenvalue weighted by Crippen LogP contribution is -1.97. The Labute approximate surface area is 118 Å². The molecule has 0 unspecified atom stereocenters. The Morgan fingerprint density at radius 2 is 2.11 bits per heavy atom. The third-order valence-electron chi connectivity index (χ3n) is 2.98. The Morgan fingerprint density at radius 3 is 2.74 bits per heavy atom. The number of aryl methyl sites for hydroxylation is 1. The zero-order valence-electron chi connectivity index (χ0n) is 11.3. The summed E-state index contributed by atoms with van der Waals surface area (Å²) >= 11 is 1.77. The Morgan fingerprint density at radius 1 is 1.26 bits per heavy atom. The van der Waals surface area contributed by atoms with Gasteiger partial charge in [-0.05, 0) is 31.0 Å². The fourth-order valence-electron chi connectivity index (χ4n) is 1.85. The van der Waals surface area contributed by atoms with E-state index in [9.17, 15) is 5.11 Å². The van der Waals surface area contributed by atoms with E-state index in [4.69, 9.17) is 0 Å². The van der Waals surface area contributed by atoms with Gasteiger partial charge in [0.05, 0.1) is 11.8 Å². The highest BCUT2D eigenvalue weighted by Gasteiger charge is 2.06. The lowest BCUT2D eigenvalue weighted by atomic mass is 10.2. The van der Waals surface area contributed by atoms with Crippen molar-refractivity contribution in [1.82, 2.24) is 4.98 Å². The van der Waals surface area contributed by atoms with Gasteiger partial charge < -0.3 is 5.11 Å². The van der Waals surface area contributed by atoms with Crippen LogP contribution in [0, 0.1) is 6.92 Å². The van der Waals surface area contributed by atoms with Crippen molar-refractivity contribution in [3.05, 3.63) is 59.4 Å². The quantitative estimate of drug-likeness (QED) is 0.832. The molecular formula is C16H19NOS. The molecule has 2 aromatic rings. The molecule has 1 aromatic heterocycles. The molecule has 1 aromatic carbocycles. The number of pyridine rings is 1. The number of rotatable bonds is 5. The van der Waals surface area contributed by atoms with E-state index in [1.54, 1.807) is 11.8 Å². The van der Waals surface area contributed by atoms with Crippen LogP contribution in [0.25, 0.3) is 0 Å². The molecule has 0 aliphatic heterocycles. The van der Waals surface area contributed by atoms with Crippen molar-refractivity contribution in [2.24, 2.45) is 0 Å². The number of aromatic nitrogens is 1. The predicted molar refractivity (Wildman–Crippen MR) is 80.2 cm³/mol. The second kappa shape index (κ2) is 6.73. The van der Waals surface area contributed by atoms with Crippen LogP contribution in [0.3, 0.4) is 0 Å². The summed E-state index contributed by atoms with van der Waals surface area (Å²) in [7, 11) is 0. The van der Waals surface area contributed by atoms with Gasteiger partial charge in [-0.3, -0.25) is 4.98 Å². The maximum absolute atomic E-state index is 9.69. The van der Waals surface area contributed by atoms with Crippen LogP contribution in [0.1, 0.15) is 36.3 Å². The molecule has 0 amide bonds. The Kier molecular flexibility index (Phi) is 5.00. The molecule has 0 aliphatic carbocycles. The van der Waals surface area contributed by atoms with Crippen LogP contribution in [-0.2, 0) is 5.75 Å². The minimum Gasteiger partial charge on any atom is -0.387 e. The predicted octanol–water partition coefficient (Wildman–Crippen LogP) is 4.13. The van der Waals surface area contributed by atoms with E-state index in [2.05, 4.69) is 36.2 Å². The first-order valence-corrected chi connectivity index (χ1v) is 7.50. The van der Waals surface area contributed by atoms with E-state index in [0.29, 0.717) is 6.42 Å². The van der Waals surface area contributed by atoms with E-state index in [1.807, 2.05) is 25.3 Å². The van der Waals surface area contributed by atoms with Crippen LogP contribution in [0.4, 0.5) is 0 Å². The van der Waals surface area contributed by atoms with Crippen molar-refractivity contribution < 1.29 is 5.11 Å². The molecule has 100 valence electrons. The highest BCUT2D eigenvalue weighted by atomic mass is 32.2. The van der Waals surface area contributed by atoms with Crippen LogP contribution in [0.15, 0.2) is 47.5 Å². The molecular weight excluding hydrogens is 254 g/mol. The highest BCUT2D eigenvalue weighted by Crippen LogP contribution is 2.24. The molecule has 0 spiro atoms. The summed E-state index contributed by atoms with van der Waals surface area (Å²) in [4.78, 5) is 5.44. The van der Waals surface area contributed by atoms with Crippen molar-refractivity contribution in [3.8, 4) is 0 Å². The third kappa shape index (κ3) is 4.08. The summed E-state index contributed by atoms with van der Waals surface area (Å²) < 4.78 is 0. The fourth-order valence-corrected chi connectivity index (χ4v) is 2.66. The molecule has 0 bridgehead atoms. The molecule has 0 saturated carbocycles. The van der Waals surface area contributed by atoms with E-state index < -0.39 is 6.10 Å². The van der Waals surface area contributed by atoms with Crippen LogP contribution in [-0.4, -0.2) is 10.1 Å². The number of hydrogen-bond acceptors (Lipinski definition) is 3. The topological polar surface area (TPSA) is 33.1 Å². The second-order valence-corrected chi connectivity index (χ2v) is 5.67. The molecule has 1 heterocycles. The number of nitrogens with zero attached hydrogens (tertiary/aromatic N) is 1. The molecule has 0 fully saturated rings. The number of benzene rings is 1. The number of hydrogen-bond donors (Lipinski definition) is 1. The van der Waals surface area contributed by atoms with Gasteiger partial charge in [-0.25, -0.2) is 0 Å². The average Bonchev–Trinajstić information content (AvgIpc) is 2.45. The molecule has 1 N–H and O–H groups in total. The summed E-state index contributed by atoms with van der Waals surface area (Å²) in [5, 5.41) is 9.69. The maximum atomic E-state index is 9.69. The van der Waals surface area contributed by atoms with Crippen molar-refractivity contribution in [3.63, 3.8) is 0 Å². The number of aliphatic hydroxyl groups excluding tert-OH is 1. The molecule has 2 rings (SSSR count). The Bertz CT molecular complexity index is 525. The molecule has 3 heteroatoms. The third-order valence-corrected chi connectivity index (χ3v) is 4.03. The van der Waals surface area contributed by atoms with Crippen molar-refractivity contribution >= 4 is 11.8 Å². The SMILES string of the molecule is CC[C@@H](O)c1ccc(SCc2cccc(C)c2)cn1. The normalized spacial score (nSPS) is 12.4. The fraction of sp³-hybridized carbons (Fsp3) is 0.312. The van der Waals surface area contributed by atoms with E-state index >= 15 is 0 Å². The maximum Gasteiger partial charge on any atom is 0.0957 e. The molecule has 19 heavy (non-hydrogen) atoms. The van der Waals surface area contributed by atoms with Crippen LogP contribution >= 0.6 is 11.8 Å². The standard InChI is InChI=1S/C16H19NOS/c1-3-16(18)15-8-7-14(10-17-15)19-11-13-6-4-5-12(2)9-13/h4-10,16,18H,3,11H2,1-2H3/t16-/m1/s1. The van der Waals surface area contributed by atoms with Gasteiger partial charge in [0.1, 0.15) is 0 Å². The Balaban J connectivity index is 1.96. The van der Waals surface area contributed by atoms with Gasteiger partial charge in [-0.2, -0.15) is 0 Å². The molecule has 2 nitrogen and oxygen atoms in total. The summed E-state index contributed by atoms with van der Waals surface area (Å²) in [6.45, 7) is 4.06. The van der Waals surface area contributed by atoms with E-state index in [-0.39, 0.29) is 0 Å². The van der Waals surface area contributed by atoms with Gasteiger partial charge in [0.25, 0.3) is 0 Å². The first-order chi connectivity index (χ1) is 9.19. The summed E-state index contributed by atoms with van der Waals surface area (Å²) in [5.74, 6) is 0.943. The van der Waals surface area contributed by atoms with Crippen molar-refractivity contribution in [1.29, 1.82) is 0 Å². The van der Waals surface area contributed by atoms with Gasteiger partial charge in [0, 0.05) is 16.8 Å². The molecule has 0 aliphatic rings. The molecule has 0 saturated heterocycles. The molecule has 0 radical (unpaired) electrons. The zero-order chi connectivity index (χ0) is 13.7. The minimum absolute atomic E-state index is 0.448. The lowest BCUT2D eigenvalue weighted by molar-refractivity contribution is 0.169. The number of thioether (sulfide) groups is 1. The van der Waals surface area contributed by atoms with Gasteiger partial charge in [-0.15, -0.1) is 11.8 Å².